The van der Waals surface area contributed by atoms with Gasteiger partial charge in [0, 0.05) is 38.3 Å². The molecule has 0 aliphatic rings. The van der Waals surface area contributed by atoms with Gasteiger partial charge in [0.25, 0.3) is 0 Å². The highest BCUT2D eigenvalue weighted by Crippen LogP contribution is 2.18. The maximum Gasteiger partial charge on any atom is 0.155 e. The topological polar surface area (TPSA) is 56.8 Å². The van der Waals surface area contributed by atoms with Crippen molar-refractivity contribution < 1.29 is 19.0 Å². The van der Waals surface area contributed by atoms with Crippen molar-refractivity contribution in [3.63, 3.8) is 0 Å². The Morgan fingerprint density at radius 1 is 0.960 bits per heavy atom. The molecule has 0 aromatic heterocycles. The molecule has 142 valence electrons. The largest absolute Gasteiger partial charge is 0.494 e. The molecule has 0 aliphatic carbocycles. The van der Waals surface area contributed by atoms with Gasteiger partial charge in [0.1, 0.15) is 12.4 Å². The van der Waals surface area contributed by atoms with Gasteiger partial charge >= 0.3 is 0 Å². The summed E-state index contributed by atoms with van der Waals surface area (Å²) in [7, 11) is 0. The van der Waals surface area contributed by atoms with E-state index in [0.717, 1.165) is 18.6 Å². The first-order chi connectivity index (χ1) is 12.0. The Hall–Kier alpha value is -1.43. The Bertz CT molecular complexity index is 473. The summed E-state index contributed by atoms with van der Waals surface area (Å²) in [6.07, 6.45) is 1.65. The van der Waals surface area contributed by atoms with E-state index < -0.39 is 0 Å². The molecule has 1 aromatic rings. The van der Waals surface area contributed by atoms with Crippen LogP contribution in [-0.4, -0.2) is 44.9 Å². The van der Waals surface area contributed by atoms with Crippen LogP contribution in [-0.2, 0) is 14.3 Å². The first-order valence-corrected chi connectivity index (χ1v) is 9.12. The maximum atomic E-state index is 10.7. The minimum atomic E-state index is 0.0525. The number of nitrogens with one attached hydrogen (secondary N) is 1. The Morgan fingerprint density at radius 2 is 1.56 bits per heavy atom. The van der Waals surface area contributed by atoms with Crippen molar-refractivity contribution in [2.75, 3.05) is 33.0 Å². The molecule has 0 saturated heterocycles. The van der Waals surface area contributed by atoms with Gasteiger partial charge in [-0.3, -0.25) is 4.79 Å². The second-order valence-electron chi connectivity index (χ2n) is 6.53. The summed E-state index contributed by atoms with van der Waals surface area (Å²) in [5, 5.41) is 3.49. The van der Waals surface area contributed by atoms with Crippen molar-refractivity contribution in [2.45, 2.75) is 52.6 Å². The van der Waals surface area contributed by atoms with E-state index >= 15 is 0 Å². The van der Waals surface area contributed by atoms with Gasteiger partial charge in [-0.2, -0.15) is 0 Å². The minimum absolute atomic E-state index is 0.0525. The number of ketones is 1. The summed E-state index contributed by atoms with van der Waals surface area (Å²) in [5.74, 6) is 0.940. The number of carbonyl (C=O) groups excluding carboxylic acids is 1. The summed E-state index contributed by atoms with van der Waals surface area (Å²) in [4.78, 5) is 10.7. The molecule has 0 spiro atoms. The Morgan fingerprint density at radius 3 is 2.16 bits per heavy atom. The first kappa shape index (κ1) is 21.6. The normalized spacial score (nSPS) is 12.4. The van der Waals surface area contributed by atoms with Gasteiger partial charge in [-0.15, -0.1) is 0 Å². The number of benzene rings is 1. The zero-order valence-electron chi connectivity index (χ0n) is 16.0. The fourth-order valence-electron chi connectivity index (χ4n) is 2.38. The molecule has 5 nitrogen and oxygen atoms in total. The van der Waals surface area contributed by atoms with Crippen LogP contribution in [0.3, 0.4) is 0 Å². The van der Waals surface area contributed by atoms with Crippen LogP contribution in [0, 0.1) is 0 Å². The van der Waals surface area contributed by atoms with E-state index in [1.54, 1.807) is 0 Å². The van der Waals surface area contributed by atoms with Crippen molar-refractivity contribution in [1.82, 2.24) is 5.32 Å². The first-order valence-electron chi connectivity index (χ1n) is 9.12. The van der Waals surface area contributed by atoms with Crippen molar-refractivity contribution in [3.8, 4) is 5.75 Å². The number of ether oxygens (including phenoxy) is 3. The van der Waals surface area contributed by atoms with Crippen LogP contribution in [0.5, 0.6) is 5.75 Å². The van der Waals surface area contributed by atoms with E-state index in [2.05, 4.69) is 38.2 Å². The quantitative estimate of drug-likeness (QED) is 0.520. The molecule has 5 heteroatoms. The van der Waals surface area contributed by atoms with E-state index in [0.29, 0.717) is 38.5 Å². The highest BCUT2D eigenvalue weighted by atomic mass is 16.5. The van der Waals surface area contributed by atoms with Crippen LogP contribution in [0.25, 0.3) is 0 Å². The van der Waals surface area contributed by atoms with E-state index in [4.69, 9.17) is 14.2 Å². The average molecular weight is 351 g/mol. The lowest BCUT2D eigenvalue weighted by Crippen LogP contribution is -2.25. The molecule has 1 aromatic carbocycles. The molecule has 1 N–H and O–H groups in total. The lowest BCUT2D eigenvalue weighted by atomic mass is 10.1. The molecule has 0 unspecified atom stereocenters. The molecule has 0 saturated carbocycles. The van der Waals surface area contributed by atoms with Crippen molar-refractivity contribution in [2.24, 2.45) is 0 Å². The molecule has 0 radical (unpaired) electrons. The van der Waals surface area contributed by atoms with Crippen molar-refractivity contribution in [3.05, 3.63) is 29.8 Å². The number of Topliss-reactive ketones (excluding diaryl/α,β-unsaturated/α-hetero) is 1. The fraction of sp³-hybridized carbons (Fsp3) is 0.650. The summed E-state index contributed by atoms with van der Waals surface area (Å²) < 4.78 is 16.4. The second kappa shape index (κ2) is 12.9. The molecule has 0 fully saturated rings. The molecular formula is C20H33NO4. The van der Waals surface area contributed by atoms with Gasteiger partial charge in [-0.25, -0.2) is 0 Å². The third-order valence-electron chi connectivity index (χ3n) is 3.55. The zero-order chi connectivity index (χ0) is 18.5. The van der Waals surface area contributed by atoms with E-state index in [1.807, 2.05) is 12.1 Å². The van der Waals surface area contributed by atoms with Gasteiger partial charge in [-0.1, -0.05) is 26.0 Å². The summed E-state index contributed by atoms with van der Waals surface area (Å²) in [6.45, 7) is 10.7. The third kappa shape index (κ3) is 10.9. The number of carbonyl (C=O) groups is 1. The smallest absolute Gasteiger partial charge is 0.155 e. The molecule has 0 aliphatic heterocycles. The van der Waals surface area contributed by atoms with Gasteiger partial charge < -0.3 is 19.5 Å². The van der Waals surface area contributed by atoms with Gasteiger partial charge in [0.15, 0.2) is 5.78 Å². The third-order valence-corrected chi connectivity index (χ3v) is 3.55. The minimum Gasteiger partial charge on any atom is -0.494 e. The van der Waals surface area contributed by atoms with Crippen LogP contribution in [0.2, 0.25) is 0 Å². The Labute approximate surface area is 152 Å². The van der Waals surface area contributed by atoms with Crippen molar-refractivity contribution in [1.29, 1.82) is 0 Å². The molecule has 0 amide bonds. The van der Waals surface area contributed by atoms with E-state index in [9.17, 15) is 4.79 Å². The van der Waals surface area contributed by atoms with Gasteiger partial charge in [-0.05, 0) is 38.0 Å². The predicted octanol–water partition coefficient (Wildman–Crippen LogP) is 3.53. The van der Waals surface area contributed by atoms with E-state index in [-0.39, 0.29) is 12.4 Å². The highest BCUT2D eigenvalue weighted by Gasteiger charge is 2.06. The molecular weight excluding hydrogens is 318 g/mol. The molecule has 0 heterocycles. The van der Waals surface area contributed by atoms with Crippen LogP contribution in [0.15, 0.2) is 24.3 Å². The number of hydrogen-bond acceptors (Lipinski definition) is 5. The standard InChI is InChI=1S/C20H33NO4/c1-16(2)21-18(4)19-7-9-20(10-8-19)25-14-6-12-23-11-5-13-24-15-17(3)22/h7-10,16,18,21H,5-6,11-15H2,1-4H3/t18-/m1/s1. The van der Waals surface area contributed by atoms with Crippen molar-refractivity contribution >= 4 is 5.78 Å². The monoisotopic (exact) mass is 351 g/mol. The molecule has 1 atom stereocenters. The van der Waals surface area contributed by atoms with Crippen LogP contribution in [0.1, 0.15) is 52.1 Å². The van der Waals surface area contributed by atoms with Crippen LogP contribution >= 0.6 is 0 Å². The number of rotatable bonds is 14. The number of hydrogen-bond donors (Lipinski definition) is 1. The average Bonchev–Trinajstić information content (AvgIpc) is 2.56. The lowest BCUT2D eigenvalue weighted by Gasteiger charge is -2.17. The van der Waals surface area contributed by atoms with E-state index in [1.165, 1.54) is 12.5 Å². The lowest BCUT2D eigenvalue weighted by molar-refractivity contribution is -0.121. The van der Waals surface area contributed by atoms with Gasteiger partial charge in [0.2, 0.25) is 0 Å². The molecule has 1 rings (SSSR count). The summed E-state index contributed by atoms with van der Waals surface area (Å²) in [5.41, 5.74) is 1.26. The SMILES string of the molecule is CC(=O)COCCCOCCCOc1ccc([C@@H](C)NC(C)C)cc1. The molecule has 0 bridgehead atoms. The maximum absolute atomic E-state index is 10.7. The second-order valence-corrected chi connectivity index (χ2v) is 6.53. The predicted molar refractivity (Wildman–Crippen MR) is 100 cm³/mol. The van der Waals surface area contributed by atoms with Crippen LogP contribution < -0.4 is 10.1 Å². The molecule has 25 heavy (non-hydrogen) atoms. The van der Waals surface area contributed by atoms with Gasteiger partial charge in [0.05, 0.1) is 6.61 Å². The van der Waals surface area contributed by atoms with Crippen LogP contribution in [0.4, 0.5) is 0 Å². The summed E-state index contributed by atoms with van der Waals surface area (Å²) >= 11 is 0. The highest BCUT2D eigenvalue weighted by molar-refractivity contribution is 5.76. The Balaban J connectivity index is 2.05. The zero-order valence-corrected chi connectivity index (χ0v) is 16.0. The Kier molecular flexibility index (Phi) is 11.1. The fourth-order valence-corrected chi connectivity index (χ4v) is 2.38. The summed E-state index contributed by atoms with van der Waals surface area (Å²) in [6, 6.07) is 9.04.